The van der Waals surface area contributed by atoms with Crippen LogP contribution in [0.15, 0.2) is 24.3 Å². The third-order valence-corrected chi connectivity index (χ3v) is 5.99. The highest BCUT2D eigenvalue weighted by Crippen LogP contribution is 2.49. The molecule has 25 heavy (non-hydrogen) atoms. The van der Waals surface area contributed by atoms with Crippen molar-refractivity contribution in [3.05, 3.63) is 29.8 Å². The van der Waals surface area contributed by atoms with Crippen LogP contribution in [0.1, 0.15) is 45.1 Å². The molecule has 1 N–H and O–H groups in total. The second-order valence-corrected chi connectivity index (χ2v) is 7.53. The van der Waals surface area contributed by atoms with Crippen molar-refractivity contribution in [2.24, 2.45) is 17.8 Å². The van der Waals surface area contributed by atoms with Crippen molar-refractivity contribution in [1.29, 1.82) is 0 Å². The smallest absolute Gasteiger partial charge is 0.244 e. The zero-order valence-electron chi connectivity index (χ0n) is 15.7. The molecular formula is C21H29NO3. The Labute approximate surface area is 150 Å². The molecule has 1 aromatic rings. The summed E-state index contributed by atoms with van der Waals surface area (Å²) >= 11 is 0. The number of amides is 1. The number of carbonyl (C=O) groups excluding carboxylic acids is 1. The number of hydrogen-bond donors (Lipinski definition) is 1. The van der Waals surface area contributed by atoms with E-state index in [4.69, 9.17) is 9.47 Å². The van der Waals surface area contributed by atoms with E-state index in [2.05, 4.69) is 12.2 Å². The van der Waals surface area contributed by atoms with Crippen LogP contribution >= 0.6 is 0 Å². The Hall–Kier alpha value is -1.97. The van der Waals surface area contributed by atoms with Crippen molar-refractivity contribution in [2.45, 2.75) is 45.6 Å². The quantitative estimate of drug-likeness (QED) is 0.793. The number of carbonyl (C=O) groups is 1. The van der Waals surface area contributed by atoms with Crippen molar-refractivity contribution in [3.63, 3.8) is 0 Å². The summed E-state index contributed by atoms with van der Waals surface area (Å²) < 4.78 is 10.7. The van der Waals surface area contributed by atoms with Crippen LogP contribution in [0.25, 0.3) is 5.57 Å². The van der Waals surface area contributed by atoms with Crippen LogP contribution < -0.4 is 14.8 Å². The lowest BCUT2D eigenvalue weighted by Gasteiger charge is -2.28. The molecule has 4 unspecified atom stereocenters. The molecule has 0 saturated heterocycles. The Kier molecular flexibility index (Phi) is 5.36. The first-order valence-electron chi connectivity index (χ1n) is 9.23. The van der Waals surface area contributed by atoms with Crippen LogP contribution in [0.5, 0.6) is 11.5 Å². The van der Waals surface area contributed by atoms with Crippen molar-refractivity contribution < 1.29 is 14.3 Å². The molecule has 2 saturated carbocycles. The van der Waals surface area contributed by atoms with Crippen LogP contribution in [-0.2, 0) is 4.79 Å². The zero-order chi connectivity index (χ0) is 18.0. The van der Waals surface area contributed by atoms with Crippen LogP contribution in [0.2, 0.25) is 0 Å². The SMILES string of the molecule is COc1ccc(/C(C)=C/C(=O)NC(C)C2CC3CCC2C3)c(OC)c1. The topological polar surface area (TPSA) is 47.6 Å². The van der Waals surface area contributed by atoms with E-state index in [0.717, 1.165) is 28.7 Å². The molecule has 4 atom stereocenters. The fraction of sp³-hybridized carbons (Fsp3) is 0.571. The molecule has 4 nitrogen and oxygen atoms in total. The molecule has 136 valence electrons. The molecule has 0 aliphatic heterocycles. The van der Waals surface area contributed by atoms with Gasteiger partial charge in [0.05, 0.1) is 14.2 Å². The van der Waals surface area contributed by atoms with E-state index in [9.17, 15) is 4.79 Å². The lowest BCUT2D eigenvalue weighted by molar-refractivity contribution is -0.117. The van der Waals surface area contributed by atoms with Crippen molar-refractivity contribution in [2.75, 3.05) is 14.2 Å². The van der Waals surface area contributed by atoms with Gasteiger partial charge >= 0.3 is 0 Å². The fourth-order valence-corrected chi connectivity index (χ4v) is 4.68. The van der Waals surface area contributed by atoms with E-state index in [1.165, 1.54) is 25.7 Å². The predicted octanol–water partition coefficient (Wildman–Crippen LogP) is 4.05. The fourth-order valence-electron chi connectivity index (χ4n) is 4.68. The van der Waals surface area contributed by atoms with Crippen molar-refractivity contribution in [3.8, 4) is 11.5 Å². The molecule has 4 heteroatoms. The second kappa shape index (κ2) is 7.51. The second-order valence-electron chi connectivity index (χ2n) is 7.53. The Morgan fingerprint density at radius 3 is 2.64 bits per heavy atom. The van der Waals surface area contributed by atoms with Gasteiger partial charge in [-0.1, -0.05) is 6.42 Å². The summed E-state index contributed by atoms with van der Waals surface area (Å²) in [4.78, 5) is 12.5. The summed E-state index contributed by atoms with van der Waals surface area (Å²) in [5, 5.41) is 3.19. The van der Waals surface area contributed by atoms with Gasteiger partial charge in [-0.2, -0.15) is 0 Å². The Balaban J connectivity index is 1.66. The molecule has 3 rings (SSSR count). The van der Waals surface area contributed by atoms with Gasteiger partial charge in [0.25, 0.3) is 0 Å². The van der Waals surface area contributed by atoms with E-state index < -0.39 is 0 Å². The maximum absolute atomic E-state index is 12.5. The minimum absolute atomic E-state index is 0.0226. The lowest BCUT2D eigenvalue weighted by atomic mass is 9.84. The molecule has 2 bridgehead atoms. The van der Waals surface area contributed by atoms with E-state index in [1.54, 1.807) is 20.3 Å². The summed E-state index contributed by atoms with van der Waals surface area (Å²) in [6, 6.07) is 5.88. The van der Waals surface area contributed by atoms with Crippen LogP contribution in [0.4, 0.5) is 0 Å². The van der Waals surface area contributed by atoms with E-state index in [1.807, 2.05) is 25.1 Å². The van der Waals surface area contributed by atoms with E-state index in [0.29, 0.717) is 11.7 Å². The van der Waals surface area contributed by atoms with Crippen LogP contribution in [0.3, 0.4) is 0 Å². The number of fused-ring (bicyclic) bond motifs is 2. The minimum atomic E-state index is -0.0226. The monoisotopic (exact) mass is 343 g/mol. The number of rotatable bonds is 6. The first kappa shape index (κ1) is 17.8. The van der Waals surface area contributed by atoms with Gasteiger partial charge in [0.2, 0.25) is 5.91 Å². The molecule has 1 amide bonds. The first-order chi connectivity index (χ1) is 12.0. The van der Waals surface area contributed by atoms with Gasteiger partial charge in [0.15, 0.2) is 0 Å². The number of nitrogens with one attached hydrogen (secondary N) is 1. The molecule has 2 aliphatic rings. The molecule has 1 aromatic carbocycles. The van der Waals surface area contributed by atoms with Crippen LogP contribution in [0, 0.1) is 17.8 Å². The molecular weight excluding hydrogens is 314 g/mol. The number of methoxy groups -OCH3 is 2. The van der Waals surface area contributed by atoms with E-state index >= 15 is 0 Å². The van der Waals surface area contributed by atoms with Gasteiger partial charge in [0, 0.05) is 23.7 Å². The summed E-state index contributed by atoms with van der Waals surface area (Å²) in [6.07, 6.45) is 7.05. The highest BCUT2D eigenvalue weighted by Gasteiger charge is 2.41. The summed E-state index contributed by atoms with van der Waals surface area (Å²) in [6.45, 7) is 4.09. The maximum Gasteiger partial charge on any atom is 0.244 e. The van der Waals surface area contributed by atoms with Crippen molar-refractivity contribution in [1.82, 2.24) is 5.32 Å². The predicted molar refractivity (Wildman–Crippen MR) is 99.7 cm³/mol. The van der Waals surface area contributed by atoms with Gasteiger partial charge in [-0.05, 0) is 68.6 Å². The normalized spacial score (nSPS) is 26.4. The van der Waals surface area contributed by atoms with E-state index in [-0.39, 0.29) is 11.9 Å². The molecule has 2 aliphatic carbocycles. The maximum atomic E-state index is 12.5. The average molecular weight is 343 g/mol. The zero-order valence-corrected chi connectivity index (χ0v) is 15.7. The van der Waals surface area contributed by atoms with Gasteiger partial charge in [-0.25, -0.2) is 0 Å². The lowest BCUT2D eigenvalue weighted by Crippen LogP contribution is -2.39. The third kappa shape index (κ3) is 3.83. The summed E-state index contributed by atoms with van der Waals surface area (Å²) in [5.74, 6) is 3.78. The standard InChI is InChI=1S/C21H29NO3/c1-13(18-8-7-17(24-3)12-20(18)25-4)9-21(23)22-14(2)19-11-15-5-6-16(19)10-15/h7-9,12,14-16,19H,5-6,10-11H2,1-4H3,(H,22,23)/b13-9+. The van der Waals surface area contributed by atoms with Gasteiger partial charge in [-0.15, -0.1) is 0 Å². The highest BCUT2D eigenvalue weighted by molar-refractivity contribution is 5.95. The average Bonchev–Trinajstić information content (AvgIpc) is 3.24. The Bertz CT molecular complexity index is 667. The van der Waals surface area contributed by atoms with Crippen molar-refractivity contribution >= 4 is 11.5 Å². The van der Waals surface area contributed by atoms with Gasteiger partial charge in [0.1, 0.15) is 11.5 Å². The summed E-state index contributed by atoms with van der Waals surface area (Å²) in [5.41, 5.74) is 1.79. The number of allylic oxidation sites excluding steroid dienone is 1. The molecule has 0 aromatic heterocycles. The summed E-state index contributed by atoms with van der Waals surface area (Å²) in [7, 11) is 3.25. The minimum Gasteiger partial charge on any atom is -0.497 e. The first-order valence-corrected chi connectivity index (χ1v) is 9.23. The number of hydrogen-bond acceptors (Lipinski definition) is 3. The molecule has 2 fully saturated rings. The molecule has 0 heterocycles. The largest absolute Gasteiger partial charge is 0.497 e. The molecule has 0 spiro atoms. The number of benzene rings is 1. The van der Waals surface area contributed by atoms with Crippen LogP contribution in [-0.4, -0.2) is 26.2 Å². The third-order valence-electron chi connectivity index (χ3n) is 5.99. The Morgan fingerprint density at radius 1 is 1.24 bits per heavy atom. The van der Waals surface area contributed by atoms with Gasteiger partial charge in [-0.3, -0.25) is 4.79 Å². The van der Waals surface area contributed by atoms with Gasteiger partial charge < -0.3 is 14.8 Å². The molecule has 0 radical (unpaired) electrons. The Morgan fingerprint density at radius 2 is 2.04 bits per heavy atom. The highest BCUT2D eigenvalue weighted by atomic mass is 16.5. The number of ether oxygens (including phenoxy) is 2.